The number of nitrogens with one attached hydrogen (secondary N) is 1. The van der Waals surface area contributed by atoms with Crippen molar-refractivity contribution in [3.05, 3.63) is 17.0 Å². The molecule has 0 saturated heterocycles. The van der Waals surface area contributed by atoms with E-state index in [9.17, 15) is 9.59 Å². The molecular formula is C14H21N3O4S. The molecule has 0 spiro atoms. The Kier molecular flexibility index (Phi) is 7.26. The number of thioether (sulfide) groups is 1. The maximum atomic E-state index is 11.9. The molecule has 1 aromatic heterocycles. The van der Waals surface area contributed by atoms with Gasteiger partial charge in [-0.2, -0.15) is 0 Å². The number of ether oxygens (including phenoxy) is 1. The largest absolute Gasteiger partial charge is 0.467 e. The zero-order valence-corrected chi connectivity index (χ0v) is 14.0. The summed E-state index contributed by atoms with van der Waals surface area (Å²) in [6.07, 6.45) is 2.55. The van der Waals surface area contributed by atoms with Crippen LogP contribution in [-0.2, 0) is 20.7 Å². The van der Waals surface area contributed by atoms with E-state index in [4.69, 9.17) is 5.11 Å². The standard InChI is InChI=1S/C14H21N3O4S/c1-8-10(9(2)16-14(15-8)22-4)5-6-12(19)17-11(7-18)13(20)21-3/h11,18H,5-7H2,1-4H3,(H,17,19)/t11-/m0/s1. The lowest BCUT2D eigenvalue weighted by atomic mass is 10.1. The Morgan fingerprint density at radius 1 is 1.32 bits per heavy atom. The molecule has 1 rings (SSSR count). The van der Waals surface area contributed by atoms with Crippen LogP contribution in [0.5, 0.6) is 0 Å². The van der Waals surface area contributed by atoms with Gasteiger partial charge in [0.1, 0.15) is 0 Å². The van der Waals surface area contributed by atoms with E-state index in [0.717, 1.165) is 17.0 Å². The molecule has 0 aliphatic carbocycles. The van der Waals surface area contributed by atoms with Crippen LogP contribution in [0, 0.1) is 13.8 Å². The van der Waals surface area contributed by atoms with Crippen LogP contribution in [0.3, 0.4) is 0 Å². The van der Waals surface area contributed by atoms with Gasteiger partial charge in [-0.15, -0.1) is 0 Å². The molecule has 0 unspecified atom stereocenters. The molecule has 1 amide bonds. The van der Waals surface area contributed by atoms with Crippen LogP contribution in [0.15, 0.2) is 5.16 Å². The van der Waals surface area contributed by atoms with Gasteiger partial charge in [-0.05, 0) is 32.1 Å². The molecule has 122 valence electrons. The summed E-state index contributed by atoms with van der Waals surface area (Å²) >= 11 is 1.47. The number of carbonyl (C=O) groups excluding carboxylic acids is 2. The first-order valence-corrected chi connectivity index (χ1v) is 8.01. The second-order valence-corrected chi connectivity index (χ2v) is 5.46. The van der Waals surface area contributed by atoms with Crippen LogP contribution >= 0.6 is 11.8 Å². The van der Waals surface area contributed by atoms with Gasteiger partial charge in [-0.3, -0.25) is 4.79 Å². The number of aryl methyl sites for hydroxylation is 2. The second-order valence-electron chi connectivity index (χ2n) is 4.69. The van der Waals surface area contributed by atoms with Crippen LogP contribution in [0.1, 0.15) is 23.4 Å². The van der Waals surface area contributed by atoms with Crippen LogP contribution in [0.4, 0.5) is 0 Å². The molecule has 7 nitrogen and oxygen atoms in total. The number of methoxy groups -OCH3 is 1. The summed E-state index contributed by atoms with van der Waals surface area (Å²) < 4.78 is 4.49. The van der Waals surface area contributed by atoms with Gasteiger partial charge in [-0.25, -0.2) is 14.8 Å². The molecule has 2 N–H and O–H groups in total. The highest BCUT2D eigenvalue weighted by Gasteiger charge is 2.20. The fraction of sp³-hybridized carbons (Fsp3) is 0.571. The van der Waals surface area contributed by atoms with Gasteiger partial charge in [0.15, 0.2) is 11.2 Å². The Hall–Kier alpha value is -1.67. The van der Waals surface area contributed by atoms with Gasteiger partial charge in [0.2, 0.25) is 5.91 Å². The molecule has 0 aliphatic rings. The van der Waals surface area contributed by atoms with E-state index in [0.29, 0.717) is 11.6 Å². The number of hydrogen-bond acceptors (Lipinski definition) is 7. The average molecular weight is 327 g/mol. The number of esters is 1. The van der Waals surface area contributed by atoms with Gasteiger partial charge in [-0.1, -0.05) is 11.8 Å². The lowest BCUT2D eigenvalue weighted by Crippen LogP contribution is -2.44. The molecule has 1 heterocycles. The first-order chi connectivity index (χ1) is 10.4. The molecule has 22 heavy (non-hydrogen) atoms. The van der Waals surface area contributed by atoms with E-state index in [2.05, 4.69) is 20.0 Å². The third kappa shape index (κ3) is 4.96. The SMILES string of the molecule is COC(=O)[C@H](CO)NC(=O)CCc1c(C)nc(SC)nc1C. The predicted molar refractivity (Wildman–Crippen MR) is 82.6 cm³/mol. The van der Waals surface area contributed by atoms with E-state index in [1.54, 1.807) is 0 Å². The number of aromatic nitrogens is 2. The number of aliphatic hydroxyl groups excluding tert-OH is 1. The number of amides is 1. The minimum absolute atomic E-state index is 0.178. The lowest BCUT2D eigenvalue weighted by molar-refractivity contribution is -0.146. The smallest absolute Gasteiger partial charge is 0.330 e. The fourth-order valence-corrected chi connectivity index (χ4v) is 2.44. The number of hydrogen-bond donors (Lipinski definition) is 2. The molecular weight excluding hydrogens is 306 g/mol. The number of carbonyl (C=O) groups is 2. The average Bonchev–Trinajstić information content (AvgIpc) is 2.50. The molecule has 0 bridgehead atoms. The van der Waals surface area contributed by atoms with Crippen molar-refractivity contribution in [2.24, 2.45) is 0 Å². The monoisotopic (exact) mass is 327 g/mol. The number of rotatable bonds is 7. The van der Waals surface area contributed by atoms with E-state index < -0.39 is 18.6 Å². The molecule has 0 aromatic carbocycles. The van der Waals surface area contributed by atoms with Crippen LogP contribution in [0.2, 0.25) is 0 Å². The first kappa shape index (κ1) is 18.4. The normalized spacial score (nSPS) is 11.9. The zero-order valence-electron chi connectivity index (χ0n) is 13.2. The molecule has 1 atom stereocenters. The highest BCUT2D eigenvalue weighted by molar-refractivity contribution is 7.98. The molecule has 0 saturated carbocycles. The summed E-state index contributed by atoms with van der Waals surface area (Å²) in [7, 11) is 1.20. The van der Waals surface area contributed by atoms with Gasteiger partial charge in [0.25, 0.3) is 0 Å². The lowest BCUT2D eigenvalue weighted by Gasteiger charge is -2.14. The number of nitrogens with zero attached hydrogens (tertiary/aromatic N) is 2. The zero-order chi connectivity index (χ0) is 16.7. The topological polar surface area (TPSA) is 101 Å². The first-order valence-electron chi connectivity index (χ1n) is 6.79. The highest BCUT2D eigenvalue weighted by Crippen LogP contribution is 2.17. The van der Waals surface area contributed by atoms with Crippen molar-refractivity contribution in [1.82, 2.24) is 15.3 Å². The van der Waals surface area contributed by atoms with Crippen molar-refractivity contribution in [3.63, 3.8) is 0 Å². The number of aliphatic hydroxyl groups is 1. The van der Waals surface area contributed by atoms with Crippen LogP contribution < -0.4 is 5.32 Å². The van der Waals surface area contributed by atoms with Gasteiger partial charge < -0.3 is 15.2 Å². The molecule has 0 fully saturated rings. The van der Waals surface area contributed by atoms with Crippen LogP contribution in [-0.4, -0.2) is 53.0 Å². The summed E-state index contributed by atoms with van der Waals surface area (Å²) in [5, 5.41) is 12.2. The van der Waals surface area contributed by atoms with Crippen LogP contribution in [0.25, 0.3) is 0 Å². The summed E-state index contributed by atoms with van der Waals surface area (Å²) in [5.74, 6) is -1.01. The van der Waals surface area contributed by atoms with Crippen molar-refractivity contribution >= 4 is 23.6 Å². The van der Waals surface area contributed by atoms with Crippen molar-refractivity contribution in [2.75, 3.05) is 20.0 Å². The van der Waals surface area contributed by atoms with E-state index >= 15 is 0 Å². The molecule has 1 aromatic rings. The van der Waals surface area contributed by atoms with Crippen molar-refractivity contribution in [3.8, 4) is 0 Å². The van der Waals surface area contributed by atoms with Crippen molar-refractivity contribution in [2.45, 2.75) is 37.9 Å². The molecule has 0 aliphatic heterocycles. The summed E-state index contributed by atoms with van der Waals surface area (Å²) in [5.41, 5.74) is 2.61. The maximum Gasteiger partial charge on any atom is 0.330 e. The maximum absolute atomic E-state index is 11.9. The van der Waals surface area contributed by atoms with Gasteiger partial charge >= 0.3 is 5.97 Å². The summed E-state index contributed by atoms with van der Waals surface area (Å²) in [6, 6.07) is -1.03. The second kappa shape index (κ2) is 8.70. The van der Waals surface area contributed by atoms with Gasteiger partial charge in [0, 0.05) is 17.8 Å². The minimum Gasteiger partial charge on any atom is -0.467 e. The Balaban J connectivity index is 2.66. The predicted octanol–water partition coefficient (Wildman–Crippen LogP) is 0.398. The van der Waals surface area contributed by atoms with Crippen molar-refractivity contribution in [1.29, 1.82) is 0 Å². The van der Waals surface area contributed by atoms with Crippen molar-refractivity contribution < 1.29 is 19.4 Å². The van der Waals surface area contributed by atoms with E-state index in [1.807, 2.05) is 20.1 Å². The molecule has 8 heteroatoms. The Labute approximate surface area is 133 Å². The third-order valence-electron chi connectivity index (χ3n) is 3.19. The Morgan fingerprint density at radius 3 is 2.36 bits per heavy atom. The highest BCUT2D eigenvalue weighted by atomic mass is 32.2. The molecule has 0 radical (unpaired) electrons. The Morgan fingerprint density at radius 2 is 1.91 bits per heavy atom. The van der Waals surface area contributed by atoms with E-state index in [1.165, 1.54) is 18.9 Å². The summed E-state index contributed by atoms with van der Waals surface area (Å²) in [4.78, 5) is 31.9. The fourth-order valence-electron chi connectivity index (χ4n) is 1.99. The van der Waals surface area contributed by atoms with E-state index in [-0.39, 0.29) is 12.3 Å². The van der Waals surface area contributed by atoms with Gasteiger partial charge in [0.05, 0.1) is 13.7 Å². The quantitative estimate of drug-likeness (QED) is 0.424. The summed E-state index contributed by atoms with van der Waals surface area (Å²) in [6.45, 7) is 3.27. The Bertz CT molecular complexity index is 528. The minimum atomic E-state index is -1.03. The third-order valence-corrected chi connectivity index (χ3v) is 3.74.